The molecule has 3 aromatic rings. The normalized spacial score (nSPS) is 10.8. The van der Waals surface area contributed by atoms with Gasteiger partial charge in [-0.25, -0.2) is 4.98 Å². The third kappa shape index (κ3) is 2.20. The molecule has 3 rings (SSSR count). The summed E-state index contributed by atoms with van der Waals surface area (Å²) in [5, 5.41) is 10.3. The highest BCUT2D eigenvalue weighted by atomic mass is 32.1. The van der Waals surface area contributed by atoms with E-state index >= 15 is 0 Å². The predicted molar refractivity (Wildman–Crippen MR) is 66.9 cm³/mol. The molecule has 7 heteroatoms. The Balaban J connectivity index is 1.81. The first-order chi connectivity index (χ1) is 8.31. The molecule has 0 aromatic carbocycles. The number of hydrogen-bond acceptors (Lipinski definition) is 7. The summed E-state index contributed by atoms with van der Waals surface area (Å²) < 4.78 is 5.17. The first-order valence-corrected chi connectivity index (χ1v) is 6.68. The summed E-state index contributed by atoms with van der Waals surface area (Å²) in [5.41, 5.74) is 7.39. The zero-order chi connectivity index (χ0) is 11.7. The molecule has 0 aliphatic heterocycles. The lowest BCUT2D eigenvalue weighted by atomic mass is 10.3. The molecule has 0 bridgehead atoms. The van der Waals surface area contributed by atoms with Gasteiger partial charge in [0.05, 0.1) is 12.1 Å². The third-order valence-electron chi connectivity index (χ3n) is 2.15. The number of nitrogens with zero attached hydrogens (tertiary/aromatic N) is 3. The molecule has 0 aliphatic carbocycles. The summed E-state index contributed by atoms with van der Waals surface area (Å²) >= 11 is 3.01. The van der Waals surface area contributed by atoms with Gasteiger partial charge in [-0.2, -0.15) is 16.3 Å². The zero-order valence-electron chi connectivity index (χ0n) is 8.66. The van der Waals surface area contributed by atoms with Crippen molar-refractivity contribution in [2.75, 3.05) is 5.73 Å². The van der Waals surface area contributed by atoms with Crippen LogP contribution in [0.2, 0.25) is 0 Å². The van der Waals surface area contributed by atoms with Gasteiger partial charge in [-0.15, -0.1) is 11.3 Å². The topological polar surface area (TPSA) is 77.8 Å². The molecule has 0 aliphatic rings. The van der Waals surface area contributed by atoms with E-state index < -0.39 is 0 Å². The summed E-state index contributed by atoms with van der Waals surface area (Å²) in [4.78, 5) is 8.46. The van der Waals surface area contributed by atoms with Crippen molar-refractivity contribution < 1.29 is 4.52 Å². The fourth-order valence-corrected chi connectivity index (χ4v) is 2.59. The Kier molecular flexibility index (Phi) is 2.62. The average molecular weight is 264 g/mol. The second kappa shape index (κ2) is 4.27. The van der Waals surface area contributed by atoms with Crippen molar-refractivity contribution in [1.29, 1.82) is 0 Å². The van der Waals surface area contributed by atoms with Crippen molar-refractivity contribution in [1.82, 2.24) is 15.1 Å². The van der Waals surface area contributed by atoms with Gasteiger partial charge < -0.3 is 10.3 Å². The van der Waals surface area contributed by atoms with Gasteiger partial charge in [0, 0.05) is 16.3 Å². The maximum absolute atomic E-state index is 5.56. The summed E-state index contributed by atoms with van der Waals surface area (Å²) in [6, 6.07) is 1.96. The van der Waals surface area contributed by atoms with Crippen LogP contribution in [0.15, 0.2) is 26.7 Å². The fourth-order valence-electron chi connectivity index (χ4n) is 1.39. The maximum Gasteiger partial charge on any atom is 0.233 e. The van der Waals surface area contributed by atoms with Gasteiger partial charge >= 0.3 is 0 Å². The summed E-state index contributed by atoms with van der Waals surface area (Å²) in [7, 11) is 0. The van der Waals surface area contributed by atoms with Crippen molar-refractivity contribution in [3.8, 4) is 11.4 Å². The first kappa shape index (κ1) is 10.4. The Morgan fingerprint density at radius 3 is 2.94 bits per heavy atom. The molecule has 0 amide bonds. The number of thiazole rings is 1. The summed E-state index contributed by atoms with van der Waals surface area (Å²) in [6.45, 7) is 0. The van der Waals surface area contributed by atoms with Gasteiger partial charge in [-0.05, 0) is 11.4 Å². The van der Waals surface area contributed by atoms with Crippen LogP contribution in [0.4, 0.5) is 5.13 Å². The molecule has 0 unspecified atom stereocenters. The minimum atomic E-state index is 0.519. The van der Waals surface area contributed by atoms with Crippen LogP contribution in [0.1, 0.15) is 11.6 Å². The highest BCUT2D eigenvalue weighted by molar-refractivity contribution is 7.13. The van der Waals surface area contributed by atoms with Crippen molar-refractivity contribution in [3.05, 3.63) is 33.8 Å². The van der Waals surface area contributed by atoms with Crippen molar-refractivity contribution in [2.45, 2.75) is 6.42 Å². The van der Waals surface area contributed by atoms with Crippen LogP contribution >= 0.6 is 22.7 Å². The first-order valence-electron chi connectivity index (χ1n) is 4.86. The van der Waals surface area contributed by atoms with Crippen molar-refractivity contribution in [2.24, 2.45) is 0 Å². The van der Waals surface area contributed by atoms with Gasteiger partial charge in [0.1, 0.15) is 0 Å². The number of anilines is 1. The molecule has 5 nitrogen and oxygen atoms in total. The van der Waals surface area contributed by atoms with E-state index in [-0.39, 0.29) is 0 Å². The molecule has 3 aromatic heterocycles. The van der Waals surface area contributed by atoms with Gasteiger partial charge in [0.25, 0.3) is 0 Å². The van der Waals surface area contributed by atoms with E-state index in [1.165, 1.54) is 11.3 Å². The fraction of sp³-hybridized carbons (Fsp3) is 0.100. The Morgan fingerprint density at radius 1 is 1.29 bits per heavy atom. The van der Waals surface area contributed by atoms with Crippen molar-refractivity contribution in [3.63, 3.8) is 0 Å². The van der Waals surface area contributed by atoms with Crippen LogP contribution in [0.3, 0.4) is 0 Å². The van der Waals surface area contributed by atoms with Gasteiger partial charge in [-0.1, -0.05) is 5.16 Å². The molecule has 0 saturated carbocycles. The lowest BCUT2D eigenvalue weighted by Crippen LogP contribution is -1.90. The van der Waals surface area contributed by atoms with Crippen LogP contribution in [0.5, 0.6) is 0 Å². The molecule has 0 saturated heterocycles. The summed E-state index contributed by atoms with van der Waals surface area (Å²) in [6.07, 6.45) is 0.519. The van der Waals surface area contributed by atoms with Crippen LogP contribution in [0, 0.1) is 0 Å². The Morgan fingerprint density at radius 2 is 2.24 bits per heavy atom. The number of rotatable bonds is 3. The van der Waals surface area contributed by atoms with Crippen LogP contribution < -0.4 is 5.73 Å². The van der Waals surface area contributed by atoms with E-state index in [1.807, 2.05) is 22.2 Å². The number of nitrogen functional groups attached to an aromatic ring is 1. The molecular weight excluding hydrogens is 256 g/mol. The van der Waals surface area contributed by atoms with E-state index in [0.29, 0.717) is 23.3 Å². The van der Waals surface area contributed by atoms with Crippen LogP contribution in [-0.4, -0.2) is 15.1 Å². The number of hydrogen-bond donors (Lipinski definition) is 1. The summed E-state index contributed by atoms with van der Waals surface area (Å²) in [5.74, 6) is 1.17. The maximum atomic E-state index is 5.56. The molecule has 0 atom stereocenters. The van der Waals surface area contributed by atoms with Gasteiger partial charge in [-0.3, -0.25) is 0 Å². The smallest absolute Gasteiger partial charge is 0.233 e. The van der Waals surface area contributed by atoms with E-state index in [9.17, 15) is 0 Å². The molecule has 3 heterocycles. The zero-order valence-corrected chi connectivity index (χ0v) is 10.3. The van der Waals surface area contributed by atoms with E-state index in [0.717, 1.165) is 11.3 Å². The lowest BCUT2D eigenvalue weighted by molar-refractivity contribution is 0.385. The van der Waals surface area contributed by atoms with Crippen LogP contribution in [-0.2, 0) is 6.42 Å². The number of thiophene rings is 1. The second-order valence-electron chi connectivity index (χ2n) is 3.38. The highest BCUT2D eigenvalue weighted by Gasteiger charge is 2.10. The van der Waals surface area contributed by atoms with E-state index in [4.69, 9.17) is 10.3 Å². The van der Waals surface area contributed by atoms with Gasteiger partial charge in [0.15, 0.2) is 5.13 Å². The van der Waals surface area contributed by atoms with E-state index in [1.54, 1.807) is 11.3 Å². The molecule has 86 valence electrons. The number of aromatic nitrogens is 3. The predicted octanol–water partition coefficient (Wildman–Crippen LogP) is 2.43. The van der Waals surface area contributed by atoms with E-state index in [2.05, 4.69) is 15.1 Å². The molecular formula is C10H8N4OS2. The Labute approximate surface area is 105 Å². The minimum absolute atomic E-state index is 0.519. The number of nitrogens with two attached hydrogens (primary N) is 1. The molecule has 2 N–H and O–H groups in total. The van der Waals surface area contributed by atoms with Crippen LogP contribution in [0.25, 0.3) is 11.4 Å². The lowest BCUT2D eigenvalue weighted by Gasteiger charge is -1.87. The molecule has 0 radical (unpaired) electrons. The molecule has 0 spiro atoms. The van der Waals surface area contributed by atoms with Crippen molar-refractivity contribution >= 4 is 27.8 Å². The quantitative estimate of drug-likeness (QED) is 0.786. The highest BCUT2D eigenvalue weighted by Crippen LogP contribution is 2.20. The Hall–Kier alpha value is -1.73. The third-order valence-corrected chi connectivity index (χ3v) is 3.56. The minimum Gasteiger partial charge on any atom is -0.375 e. The largest absolute Gasteiger partial charge is 0.375 e. The second-order valence-corrected chi connectivity index (χ2v) is 5.05. The standard InChI is InChI=1S/C10H8N4OS2/c11-10-12-7(5-17-10)3-8-13-9(14-15-8)6-1-2-16-4-6/h1-2,4-5H,3H2,(H2,11,12). The monoisotopic (exact) mass is 264 g/mol. The Bertz CT molecular complexity index is 614. The molecule has 17 heavy (non-hydrogen) atoms. The van der Waals surface area contributed by atoms with Gasteiger partial charge in [0.2, 0.25) is 11.7 Å². The average Bonchev–Trinajstić information content (AvgIpc) is 3.00. The molecule has 0 fully saturated rings. The SMILES string of the molecule is Nc1nc(Cc2nc(-c3ccsc3)no2)cs1.